The zero-order valence-electron chi connectivity index (χ0n) is 12.1. The molecule has 2 aromatic rings. The van der Waals surface area contributed by atoms with Crippen molar-refractivity contribution in [1.29, 1.82) is 0 Å². The van der Waals surface area contributed by atoms with Gasteiger partial charge in [-0.1, -0.05) is 6.07 Å². The molecular formula is C13H16N4O3S2. The number of likely N-dealkylation sites (tertiary alicyclic amines) is 1. The third kappa shape index (κ3) is 2.71. The Hall–Kier alpha value is -1.58. The van der Waals surface area contributed by atoms with Crippen LogP contribution < -0.4 is 0 Å². The molecule has 0 aliphatic carbocycles. The Kier molecular flexibility index (Phi) is 4.11. The van der Waals surface area contributed by atoms with E-state index >= 15 is 0 Å². The zero-order chi connectivity index (χ0) is 15.7. The van der Waals surface area contributed by atoms with Crippen LogP contribution in [0.25, 0.3) is 11.0 Å². The molecule has 1 saturated heterocycles. The van der Waals surface area contributed by atoms with Crippen LogP contribution in [0.5, 0.6) is 0 Å². The Bertz CT molecular complexity index is 796. The highest BCUT2D eigenvalue weighted by atomic mass is 32.2. The monoisotopic (exact) mass is 340 g/mol. The second-order valence-electron chi connectivity index (χ2n) is 5.24. The van der Waals surface area contributed by atoms with Crippen molar-refractivity contribution in [2.75, 3.05) is 26.7 Å². The highest BCUT2D eigenvalue weighted by molar-refractivity contribution is 7.89. The summed E-state index contributed by atoms with van der Waals surface area (Å²) in [5.74, 6) is -0.160. The van der Waals surface area contributed by atoms with E-state index in [4.69, 9.17) is 0 Å². The van der Waals surface area contributed by atoms with E-state index < -0.39 is 10.0 Å². The molecule has 7 nitrogen and oxygen atoms in total. The molecule has 1 aromatic heterocycles. The molecule has 1 aliphatic heterocycles. The number of likely N-dealkylation sites (N-methyl/N-ethyl adjacent to an activating group) is 1. The molecule has 1 fully saturated rings. The fraction of sp³-hybridized carbons (Fsp3) is 0.462. The van der Waals surface area contributed by atoms with Gasteiger partial charge < -0.3 is 4.90 Å². The number of sulfonamides is 1. The number of benzene rings is 1. The zero-order valence-corrected chi connectivity index (χ0v) is 13.7. The average molecular weight is 340 g/mol. The topological polar surface area (TPSA) is 83.5 Å². The normalized spacial score (nSPS) is 15.8. The van der Waals surface area contributed by atoms with Gasteiger partial charge in [-0.05, 0) is 25.0 Å². The fourth-order valence-corrected chi connectivity index (χ4v) is 4.37. The van der Waals surface area contributed by atoms with Gasteiger partial charge in [0.1, 0.15) is 15.9 Å². The Morgan fingerprint density at radius 1 is 1.32 bits per heavy atom. The molecule has 118 valence electrons. The molecule has 1 aliphatic rings. The first kappa shape index (κ1) is 15.3. The van der Waals surface area contributed by atoms with Gasteiger partial charge in [0, 0.05) is 20.1 Å². The average Bonchev–Trinajstić information content (AvgIpc) is 3.17. The van der Waals surface area contributed by atoms with Gasteiger partial charge in [-0.3, -0.25) is 4.79 Å². The third-order valence-electron chi connectivity index (χ3n) is 3.75. The van der Waals surface area contributed by atoms with Crippen LogP contribution in [0, 0.1) is 0 Å². The van der Waals surface area contributed by atoms with Crippen LogP contribution in [-0.4, -0.2) is 59.0 Å². The van der Waals surface area contributed by atoms with E-state index in [0.717, 1.165) is 28.9 Å². The van der Waals surface area contributed by atoms with Gasteiger partial charge in [0.25, 0.3) is 0 Å². The summed E-state index contributed by atoms with van der Waals surface area (Å²) in [6.45, 7) is 1.26. The first-order chi connectivity index (χ1) is 10.5. The number of amides is 1. The van der Waals surface area contributed by atoms with Crippen molar-refractivity contribution in [2.24, 2.45) is 0 Å². The number of fused-ring (bicyclic) bond motifs is 1. The molecule has 0 unspecified atom stereocenters. The first-order valence-corrected chi connectivity index (χ1v) is 9.12. The van der Waals surface area contributed by atoms with Gasteiger partial charge >= 0.3 is 0 Å². The smallest absolute Gasteiger partial charge is 0.245 e. The Morgan fingerprint density at radius 2 is 2.05 bits per heavy atom. The van der Waals surface area contributed by atoms with E-state index in [-0.39, 0.29) is 17.3 Å². The highest BCUT2D eigenvalue weighted by Gasteiger charge is 2.28. The molecule has 1 amide bonds. The molecule has 9 heteroatoms. The summed E-state index contributed by atoms with van der Waals surface area (Å²) in [4.78, 5) is 13.9. The van der Waals surface area contributed by atoms with E-state index in [9.17, 15) is 13.2 Å². The number of carbonyl (C=O) groups is 1. The van der Waals surface area contributed by atoms with Crippen LogP contribution >= 0.6 is 11.7 Å². The van der Waals surface area contributed by atoms with Crippen molar-refractivity contribution < 1.29 is 13.2 Å². The molecule has 0 N–H and O–H groups in total. The molecule has 3 rings (SSSR count). The van der Waals surface area contributed by atoms with Crippen LogP contribution in [-0.2, 0) is 14.8 Å². The first-order valence-electron chi connectivity index (χ1n) is 6.95. The minimum absolute atomic E-state index is 0.0930. The number of nitrogens with zero attached hydrogens (tertiary/aromatic N) is 4. The maximum atomic E-state index is 12.7. The summed E-state index contributed by atoms with van der Waals surface area (Å²) in [5.41, 5.74) is 0.901. The third-order valence-corrected chi connectivity index (χ3v) is 6.13. The van der Waals surface area contributed by atoms with Gasteiger partial charge in [0.15, 0.2) is 0 Å². The van der Waals surface area contributed by atoms with Gasteiger partial charge in [0.05, 0.1) is 18.3 Å². The summed E-state index contributed by atoms with van der Waals surface area (Å²) in [6, 6.07) is 4.84. The summed E-state index contributed by atoms with van der Waals surface area (Å²) >= 11 is 0.971. The van der Waals surface area contributed by atoms with Crippen LogP contribution in [0.3, 0.4) is 0 Å². The van der Waals surface area contributed by atoms with Crippen molar-refractivity contribution in [3.05, 3.63) is 18.2 Å². The van der Waals surface area contributed by atoms with Crippen molar-refractivity contribution >= 4 is 38.7 Å². The van der Waals surface area contributed by atoms with Crippen LogP contribution in [0.15, 0.2) is 23.1 Å². The van der Waals surface area contributed by atoms with Crippen molar-refractivity contribution in [1.82, 2.24) is 18.0 Å². The van der Waals surface area contributed by atoms with E-state index in [0.29, 0.717) is 24.1 Å². The fourth-order valence-electron chi connectivity index (χ4n) is 2.50. The lowest BCUT2D eigenvalue weighted by Gasteiger charge is -2.21. The summed E-state index contributed by atoms with van der Waals surface area (Å²) in [5, 5.41) is 0. The highest BCUT2D eigenvalue weighted by Crippen LogP contribution is 2.23. The predicted octanol–water partition coefficient (Wildman–Crippen LogP) is 0.934. The maximum Gasteiger partial charge on any atom is 0.245 e. The molecular weight excluding hydrogens is 324 g/mol. The summed E-state index contributed by atoms with van der Waals surface area (Å²) < 4.78 is 34.6. The Morgan fingerprint density at radius 3 is 2.77 bits per heavy atom. The molecule has 1 aromatic carbocycles. The lowest BCUT2D eigenvalue weighted by atomic mass is 10.3. The van der Waals surface area contributed by atoms with Crippen LogP contribution in [0.4, 0.5) is 0 Å². The summed E-state index contributed by atoms with van der Waals surface area (Å²) in [6.07, 6.45) is 1.96. The van der Waals surface area contributed by atoms with Gasteiger partial charge in [0.2, 0.25) is 15.9 Å². The van der Waals surface area contributed by atoms with E-state index in [1.165, 1.54) is 13.1 Å². The second kappa shape index (κ2) is 5.90. The molecule has 0 saturated carbocycles. The predicted molar refractivity (Wildman–Crippen MR) is 83.0 cm³/mol. The number of carbonyl (C=O) groups excluding carboxylic acids is 1. The molecule has 0 spiro atoms. The molecule has 0 radical (unpaired) electrons. The quantitative estimate of drug-likeness (QED) is 0.827. The number of rotatable bonds is 4. The van der Waals surface area contributed by atoms with Crippen molar-refractivity contribution in [2.45, 2.75) is 17.7 Å². The van der Waals surface area contributed by atoms with Crippen molar-refractivity contribution in [3.8, 4) is 0 Å². The maximum absolute atomic E-state index is 12.7. The SMILES string of the molecule is CN(CC(=O)N1CCCC1)S(=O)(=O)c1cccc2nsnc12. The molecule has 2 heterocycles. The van der Waals surface area contributed by atoms with Gasteiger partial charge in [-0.2, -0.15) is 13.1 Å². The van der Waals surface area contributed by atoms with E-state index in [1.807, 2.05) is 0 Å². The lowest BCUT2D eigenvalue weighted by molar-refractivity contribution is -0.130. The molecule has 0 bridgehead atoms. The number of hydrogen-bond donors (Lipinski definition) is 0. The minimum Gasteiger partial charge on any atom is -0.342 e. The Balaban J connectivity index is 1.85. The molecule has 22 heavy (non-hydrogen) atoms. The standard InChI is InChI=1S/C13H16N4O3S2/c1-16(9-12(18)17-7-2-3-8-17)22(19,20)11-6-4-5-10-13(11)15-21-14-10/h4-6H,2-3,7-9H2,1H3. The van der Waals surface area contributed by atoms with Crippen LogP contribution in [0.2, 0.25) is 0 Å². The largest absolute Gasteiger partial charge is 0.342 e. The van der Waals surface area contributed by atoms with E-state index in [1.54, 1.807) is 17.0 Å². The van der Waals surface area contributed by atoms with Crippen molar-refractivity contribution in [3.63, 3.8) is 0 Å². The van der Waals surface area contributed by atoms with E-state index in [2.05, 4.69) is 8.75 Å². The molecule has 0 atom stereocenters. The Labute approximate surface area is 132 Å². The lowest BCUT2D eigenvalue weighted by Crippen LogP contribution is -2.39. The van der Waals surface area contributed by atoms with Crippen LogP contribution in [0.1, 0.15) is 12.8 Å². The number of hydrogen-bond acceptors (Lipinski definition) is 6. The minimum atomic E-state index is -3.77. The summed E-state index contributed by atoms with van der Waals surface area (Å²) in [7, 11) is -2.35. The van der Waals surface area contributed by atoms with Gasteiger partial charge in [-0.15, -0.1) is 0 Å². The van der Waals surface area contributed by atoms with Gasteiger partial charge in [-0.25, -0.2) is 8.42 Å². The number of aromatic nitrogens is 2. The second-order valence-corrected chi connectivity index (χ2v) is 7.78.